The van der Waals surface area contributed by atoms with Gasteiger partial charge in [0.15, 0.2) is 0 Å². The fourth-order valence-electron chi connectivity index (χ4n) is 2.22. The average Bonchev–Trinajstić information content (AvgIpc) is 2.12. The van der Waals surface area contributed by atoms with E-state index in [-0.39, 0.29) is 0 Å². The van der Waals surface area contributed by atoms with E-state index in [1.54, 1.807) is 11.1 Å². The van der Waals surface area contributed by atoms with Crippen LogP contribution in [0.4, 0.5) is 0 Å². The van der Waals surface area contributed by atoms with Gasteiger partial charge >= 0.3 is 0 Å². The fraction of sp³-hybridized carbons (Fsp3) is 0.500. The maximum Gasteiger partial charge on any atom is -0.0187 e. The highest BCUT2D eigenvalue weighted by Gasteiger charge is 2.20. The van der Waals surface area contributed by atoms with Gasteiger partial charge < -0.3 is 0 Å². The summed E-state index contributed by atoms with van der Waals surface area (Å²) < 4.78 is 0. The zero-order valence-corrected chi connectivity index (χ0v) is 7.88. The predicted octanol–water partition coefficient (Wildman–Crippen LogP) is 3.69. The molecule has 0 bridgehead atoms. The van der Waals surface area contributed by atoms with E-state index < -0.39 is 0 Å². The predicted molar refractivity (Wildman–Crippen MR) is 52.5 cm³/mol. The Bertz CT molecular complexity index is 246. The van der Waals surface area contributed by atoms with Crippen molar-refractivity contribution in [1.82, 2.24) is 0 Å². The van der Waals surface area contributed by atoms with Gasteiger partial charge in [0, 0.05) is 0 Å². The van der Waals surface area contributed by atoms with Crippen molar-refractivity contribution >= 4 is 0 Å². The topological polar surface area (TPSA) is 0 Å². The van der Waals surface area contributed by atoms with Gasteiger partial charge in [0.1, 0.15) is 0 Å². The molecule has 0 aromatic heterocycles. The molecule has 0 saturated carbocycles. The molecule has 64 valence electrons. The van der Waals surface area contributed by atoms with E-state index in [9.17, 15) is 0 Å². The molecule has 1 aliphatic rings. The van der Waals surface area contributed by atoms with E-state index in [0.717, 1.165) is 11.8 Å². The molecule has 0 amide bonds. The van der Waals surface area contributed by atoms with Gasteiger partial charge in [0.25, 0.3) is 0 Å². The first-order chi connectivity index (χ1) is 5.79. The third-order valence-corrected chi connectivity index (χ3v) is 3.09. The summed E-state index contributed by atoms with van der Waals surface area (Å²) in [6, 6.07) is 8.89. The number of hydrogen-bond donors (Lipinski definition) is 0. The Morgan fingerprint density at radius 3 is 1.75 bits per heavy atom. The SMILES string of the molecule is CC1CCC(C)c2ccccc21. The molecule has 0 heterocycles. The monoisotopic (exact) mass is 160 g/mol. The van der Waals surface area contributed by atoms with Crippen molar-refractivity contribution in [3.05, 3.63) is 35.4 Å². The van der Waals surface area contributed by atoms with Gasteiger partial charge in [-0.1, -0.05) is 38.1 Å². The lowest BCUT2D eigenvalue weighted by Crippen LogP contribution is -2.09. The molecule has 1 aromatic carbocycles. The van der Waals surface area contributed by atoms with E-state index in [0.29, 0.717) is 0 Å². The standard InChI is InChI=1S/C12H16/c1-9-7-8-10(2)12-6-4-3-5-11(9)12/h3-6,9-10H,7-8H2,1-2H3. The van der Waals surface area contributed by atoms with E-state index >= 15 is 0 Å². The van der Waals surface area contributed by atoms with Crippen LogP contribution >= 0.6 is 0 Å². The molecule has 0 N–H and O–H groups in total. The third kappa shape index (κ3) is 1.16. The quantitative estimate of drug-likeness (QED) is 0.543. The molecule has 2 rings (SSSR count). The van der Waals surface area contributed by atoms with E-state index in [1.807, 2.05) is 0 Å². The molecule has 0 spiro atoms. The summed E-state index contributed by atoms with van der Waals surface area (Å²) in [6.07, 6.45) is 2.72. The molecule has 2 unspecified atom stereocenters. The van der Waals surface area contributed by atoms with Gasteiger partial charge in [-0.2, -0.15) is 0 Å². The Morgan fingerprint density at radius 1 is 0.917 bits per heavy atom. The van der Waals surface area contributed by atoms with Gasteiger partial charge in [0.2, 0.25) is 0 Å². The third-order valence-electron chi connectivity index (χ3n) is 3.09. The maximum absolute atomic E-state index is 2.34. The molecular weight excluding hydrogens is 144 g/mol. The van der Waals surface area contributed by atoms with Crippen LogP contribution in [0.25, 0.3) is 0 Å². The second-order valence-corrected chi connectivity index (χ2v) is 4.01. The first-order valence-corrected chi connectivity index (χ1v) is 4.88. The lowest BCUT2D eigenvalue weighted by Gasteiger charge is -2.27. The molecule has 0 heteroatoms. The van der Waals surface area contributed by atoms with Crippen molar-refractivity contribution in [2.24, 2.45) is 0 Å². The van der Waals surface area contributed by atoms with E-state index in [1.165, 1.54) is 12.8 Å². The van der Waals surface area contributed by atoms with Crippen LogP contribution in [-0.4, -0.2) is 0 Å². The summed E-state index contributed by atoms with van der Waals surface area (Å²) in [5.74, 6) is 1.55. The van der Waals surface area contributed by atoms with Crippen molar-refractivity contribution in [1.29, 1.82) is 0 Å². The van der Waals surface area contributed by atoms with Gasteiger partial charge in [-0.05, 0) is 35.8 Å². The van der Waals surface area contributed by atoms with Crippen molar-refractivity contribution < 1.29 is 0 Å². The Balaban J connectivity index is 2.47. The summed E-state index contributed by atoms with van der Waals surface area (Å²) in [7, 11) is 0. The fourth-order valence-corrected chi connectivity index (χ4v) is 2.22. The molecule has 0 fully saturated rings. The summed E-state index contributed by atoms with van der Waals surface area (Å²) in [5.41, 5.74) is 3.16. The van der Waals surface area contributed by atoms with Crippen LogP contribution < -0.4 is 0 Å². The molecule has 0 radical (unpaired) electrons. The Kier molecular flexibility index (Phi) is 1.92. The summed E-state index contributed by atoms with van der Waals surface area (Å²) in [6.45, 7) is 4.68. The Hall–Kier alpha value is -0.780. The maximum atomic E-state index is 2.34. The zero-order chi connectivity index (χ0) is 8.55. The number of benzene rings is 1. The van der Waals surface area contributed by atoms with Gasteiger partial charge in [-0.25, -0.2) is 0 Å². The molecule has 1 aromatic rings. The van der Waals surface area contributed by atoms with E-state index in [4.69, 9.17) is 0 Å². The van der Waals surface area contributed by atoms with E-state index in [2.05, 4.69) is 38.1 Å². The van der Waals surface area contributed by atoms with Gasteiger partial charge in [0.05, 0.1) is 0 Å². The van der Waals surface area contributed by atoms with Crippen LogP contribution in [0.3, 0.4) is 0 Å². The molecular formula is C12H16. The highest BCUT2D eigenvalue weighted by molar-refractivity contribution is 5.34. The van der Waals surface area contributed by atoms with Crippen LogP contribution in [0.5, 0.6) is 0 Å². The highest BCUT2D eigenvalue weighted by atomic mass is 14.2. The number of hydrogen-bond acceptors (Lipinski definition) is 0. The number of fused-ring (bicyclic) bond motifs is 1. The smallest absolute Gasteiger partial charge is 0.0187 e. The minimum atomic E-state index is 0.775. The summed E-state index contributed by atoms with van der Waals surface area (Å²) in [4.78, 5) is 0. The lowest BCUT2D eigenvalue weighted by molar-refractivity contribution is 0.527. The van der Waals surface area contributed by atoms with Gasteiger partial charge in [-0.3, -0.25) is 0 Å². The second kappa shape index (κ2) is 2.93. The van der Waals surface area contributed by atoms with Crippen LogP contribution in [0.2, 0.25) is 0 Å². The van der Waals surface area contributed by atoms with Crippen molar-refractivity contribution in [2.75, 3.05) is 0 Å². The molecule has 0 aliphatic heterocycles. The van der Waals surface area contributed by atoms with Crippen molar-refractivity contribution in [2.45, 2.75) is 38.5 Å². The highest BCUT2D eigenvalue weighted by Crippen LogP contribution is 2.37. The first kappa shape index (κ1) is 7.85. The minimum Gasteiger partial charge on any atom is -0.0620 e. The van der Waals surface area contributed by atoms with Crippen molar-refractivity contribution in [3.8, 4) is 0 Å². The second-order valence-electron chi connectivity index (χ2n) is 4.01. The molecule has 0 saturated heterocycles. The minimum absolute atomic E-state index is 0.775. The molecule has 2 atom stereocenters. The van der Waals surface area contributed by atoms with Gasteiger partial charge in [-0.15, -0.1) is 0 Å². The zero-order valence-electron chi connectivity index (χ0n) is 7.88. The number of rotatable bonds is 0. The largest absolute Gasteiger partial charge is 0.0620 e. The molecule has 1 aliphatic carbocycles. The molecule has 0 nitrogen and oxygen atoms in total. The molecule has 12 heavy (non-hydrogen) atoms. The summed E-state index contributed by atoms with van der Waals surface area (Å²) in [5, 5.41) is 0. The van der Waals surface area contributed by atoms with Crippen LogP contribution in [0, 0.1) is 0 Å². The van der Waals surface area contributed by atoms with Crippen LogP contribution in [0.15, 0.2) is 24.3 Å². The van der Waals surface area contributed by atoms with Crippen LogP contribution in [-0.2, 0) is 0 Å². The van der Waals surface area contributed by atoms with Crippen LogP contribution in [0.1, 0.15) is 49.7 Å². The average molecular weight is 160 g/mol. The first-order valence-electron chi connectivity index (χ1n) is 4.88. The van der Waals surface area contributed by atoms with Crippen molar-refractivity contribution in [3.63, 3.8) is 0 Å². The Labute approximate surface area is 74.6 Å². The normalized spacial score (nSPS) is 28.2. The Morgan fingerprint density at radius 2 is 1.33 bits per heavy atom. The lowest BCUT2D eigenvalue weighted by atomic mass is 9.78. The summed E-state index contributed by atoms with van der Waals surface area (Å²) >= 11 is 0.